The second kappa shape index (κ2) is 8.33. The summed E-state index contributed by atoms with van der Waals surface area (Å²) in [6.07, 6.45) is 6.19. The van der Waals surface area contributed by atoms with Crippen LogP contribution < -0.4 is 10.2 Å². The summed E-state index contributed by atoms with van der Waals surface area (Å²) in [6.45, 7) is 16.0. The molecule has 0 saturated carbocycles. The van der Waals surface area contributed by atoms with E-state index in [0.717, 1.165) is 12.1 Å². The van der Waals surface area contributed by atoms with Crippen LogP contribution in [0.3, 0.4) is 0 Å². The van der Waals surface area contributed by atoms with Crippen molar-refractivity contribution >= 4 is 22.5 Å². The number of H-pyrrole nitrogens is 1. The molecule has 182 valence electrons. The van der Waals surface area contributed by atoms with Gasteiger partial charge in [0.25, 0.3) is 0 Å². The second-order valence-corrected chi connectivity index (χ2v) is 11.8. The summed E-state index contributed by atoms with van der Waals surface area (Å²) in [5.74, 6) is 0.649. The van der Waals surface area contributed by atoms with Crippen molar-refractivity contribution in [3.05, 3.63) is 29.0 Å². The van der Waals surface area contributed by atoms with Crippen molar-refractivity contribution < 1.29 is 9.90 Å². The first-order valence-corrected chi connectivity index (χ1v) is 12.8. The predicted molar refractivity (Wildman–Crippen MR) is 137 cm³/mol. The molecule has 4 rings (SSSR count). The van der Waals surface area contributed by atoms with Gasteiger partial charge in [0, 0.05) is 24.3 Å². The van der Waals surface area contributed by atoms with Gasteiger partial charge in [-0.05, 0) is 71.1 Å². The Kier molecular flexibility index (Phi) is 6.09. The van der Waals surface area contributed by atoms with Crippen LogP contribution in [0.4, 0.5) is 5.69 Å². The van der Waals surface area contributed by atoms with Crippen molar-refractivity contribution in [1.82, 2.24) is 10.3 Å². The maximum absolute atomic E-state index is 13.3. The van der Waals surface area contributed by atoms with Gasteiger partial charge in [-0.2, -0.15) is 0 Å². The van der Waals surface area contributed by atoms with E-state index in [9.17, 15) is 9.90 Å². The first-order chi connectivity index (χ1) is 15.5. The maximum Gasteiger partial charge on any atom is 0.243 e. The molecule has 0 saturated heterocycles. The van der Waals surface area contributed by atoms with E-state index < -0.39 is 0 Å². The fourth-order valence-corrected chi connectivity index (χ4v) is 6.42. The number of hydrogen-bond acceptors (Lipinski definition) is 3. The number of anilines is 1. The SMILES string of the molecule is CCC1(C)CCC(C)(C(C)C)c2cc3c4c(c[nH]c4c21)CC(CO)NC(=O)C(C(C)C)N3C. The Balaban J connectivity index is 2.10. The quantitative estimate of drug-likeness (QED) is 0.608. The first kappa shape index (κ1) is 24.1. The minimum absolute atomic E-state index is 0.00317. The molecule has 2 aromatic rings. The number of fused-ring (bicyclic) bond motifs is 2. The molecular weight excluding hydrogens is 410 g/mol. The van der Waals surface area contributed by atoms with E-state index in [4.69, 9.17) is 0 Å². The van der Waals surface area contributed by atoms with E-state index >= 15 is 0 Å². The van der Waals surface area contributed by atoms with Gasteiger partial charge in [0.15, 0.2) is 0 Å². The zero-order valence-electron chi connectivity index (χ0n) is 21.8. The Morgan fingerprint density at radius 3 is 2.48 bits per heavy atom. The number of likely N-dealkylation sites (N-methyl/N-ethyl adjacent to an activating group) is 1. The molecule has 33 heavy (non-hydrogen) atoms. The van der Waals surface area contributed by atoms with E-state index in [1.165, 1.54) is 40.4 Å². The maximum atomic E-state index is 13.3. The fraction of sp³-hybridized carbons (Fsp3) is 0.679. The average molecular weight is 454 g/mol. The second-order valence-electron chi connectivity index (χ2n) is 11.8. The summed E-state index contributed by atoms with van der Waals surface area (Å²) in [6, 6.07) is 1.84. The third-order valence-electron chi connectivity index (χ3n) is 9.22. The van der Waals surface area contributed by atoms with Crippen LogP contribution in [0.1, 0.15) is 84.4 Å². The van der Waals surface area contributed by atoms with Crippen molar-refractivity contribution in [2.24, 2.45) is 11.8 Å². The molecule has 0 radical (unpaired) electrons. The highest BCUT2D eigenvalue weighted by Gasteiger charge is 2.45. The molecule has 4 unspecified atom stereocenters. The lowest BCUT2D eigenvalue weighted by Gasteiger charge is -2.48. The van der Waals surface area contributed by atoms with Crippen LogP contribution in [-0.2, 0) is 22.0 Å². The topological polar surface area (TPSA) is 68.4 Å². The molecule has 5 nitrogen and oxygen atoms in total. The Morgan fingerprint density at radius 1 is 1.21 bits per heavy atom. The number of nitrogens with zero attached hydrogens (tertiary/aromatic N) is 1. The molecule has 0 fully saturated rings. The number of aromatic amines is 1. The summed E-state index contributed by atoms with van der Waals surface area (Å²) in [5.41, 5.74) is 6.65. The van der Waals surface area contributed by atoms with Crippen molar-refractivity contribution in [1.29, 1.82) is 0 Å². The average Bonchev–Trinajstić information content (AvgIpc) is 3.18. The van der Waals surface area contributed by atoms with Gasteiger partial charge in [0.2, 0.25) is 5.91 Å². The molecule has 2 heterocycles. The van der Waals surface area contributed by atoms with Gasteiger partial charge >= 0.3 is 0 Å². The van der Waals surface area contributed by atoms with E-state index in [0.29, 0.717) is 12.3 Å². The van der Waals surface area contributed by atoms with Crippen LogP contribution in [0.2, 0.25) is 0 Å². The highest BCUT2D eigenvalue weighted by Crippen LogP contribution is 2.54. The number of rotatable bonds is 4. The van der Waals surface area contributed by atoms with Crippen molar-refractivity contribution in [3.8, 4) is 0 Å². The zero-order valence-corrected chi connectivity index (χ0v) is 21.8. The molecular formula is C28H43N3O2. The number of hydrogen-bond donors (Lipinski definition) is 3. The Hall–Kier alpha value is -2.01. The number of benzene rings is 1. The van der Waals surface area contributed by atoms with E-state index in [2.05, 4.69) is 83.0 Å². The smallest absolute Gasteiger partial charge is 0.243 e. The third kappa shape index (κ3) is 3.58. The van der Waals surface area contributed by atoms with Crippen molar-refractivity contribution in [2.75, 3.05) is 18.6 Å². The van der Waals surface area contributed by atoms with E-state index in [1.54, 1.807) is 0 Å². The van der Waals surface area contributed by atoms with Crippen molar-refractivity contribution in [3.63, 3.8) is 0 Å². The molecule has 3 N–H and O–H groups in total. The lowest BCUT2D eigenvalue weighted by Crippen LogP contribution is -2.52. The van der Waals surface area contributed by atoms with E-state index in [1.807, 2.05) is 0 Å². The molecule has 5 heteroatoms. The number of aromatic nitrogens is 1. The van der Waals surface area contributed by atoms with Gasteiger partial charge in [-0.15, -0.1) is 0 Å². The van der Waals surface area contributed by atoms with Crippen LogP contribution >= 0.6 is 0 Å². The van der Waals surface area contributed by atoms with Gasteiger partial charge in [0.1, 0.15) is 6.04 Å². The minimum atomic E-state index is -0.299. The van der Waals surface area contributed by atoms with Crippen LogP contribution in [0, 0.1) is 11.8 Å². The molecule has 1 aliphatic carbocycles. The van der Waals surface area contributed by atoms with Crippen LogP contribution in [0.5, 0.6) is 0 Å². The number of carbonyl (C=O) groups is 1. The normalized spacial score (nSPS) is 30.3. The monoisotopic (exact) mass is 453 g/mol. The van der Waals surface area contributed by atoms with Gasteiger partial charge in [0.05, 0.1) is 18.2 Å². The minimum Gasteiger partial charge on any atom is -0.394 e. The van der Waals surface area contributed by atoms with Crippen LogP contribution in [0.25, 0.3) is 10.9 Å². The van der Waals surface area contributed by atoms with Crippen LogP contribution in [-0.4, -0.2) is 41.7 Å². The zero-order chi connectivity index (χ0) is 24.3. The summed E-state index contributed by atoms with van der Waals surface area (Å²) < 4.78 is 0. The lowest BCUT2D eigenvalue weighted by molar-refractivity contribution is -0.124. The molecule has 0 bridgehead atoms. The molecule has 1 aromatic carbocycles. The first-order valence-electron chi connectivity index (χ1n) is 12.8. The van der Waals surface area contributed by atoms with Gasteiger partial charge in [-0.1, -0.05) is 48.5 Å². The molecule has 0 spiro atoms. The fourth-order valence-electron chi connectivity index (χ4n) is 6.42. The standard InChI is InChI=1S/C28H43N3O2/c1-9-27(6)10-11-28(7,17(4)5)20-13-21-22-18(14-29-24(22)23(20)27)12-19(15-32)30-26(33)25(16(2)3)31(21)8/h13-14,16-17,19,25,29,32H,9-12,15H2,1-8H3,(H,30,33). The Bertz CT molecular complexity index is 1060. The summed E-state index contributed by atoms with van der Waals surface area (Å²) >= 11 is 0. The molecule has 1 aromatic heterocycles. The molecule has 4 atom stereocenters. The van der Waals surface area contributed by atoms with Crippen molar-refractivity contribution in [2.45, 2.75) is 97.1 Å². The number of nitrogens with one attached hydrogen (secondary N) is 2. The van der Waals surface area contributed by atoms with Gasteiger partial charge < -0.3 is 20.3 Å². The summed E-state index contributed by atoms with van der Waals surface area (Å²) in [5, 5.41) is 14.4. The Morgan fingerprint density at radius 2 is 1.91 bits per heavy atom. The number of amides is 1. The van der Waals surface area contributed by atoms with E-state index in [-0.39, 0.29) is 41.3 Å². The molecule has 1 aliphatic heterocycles. The number of aliphatic hydroxyl groups is 1. The predicted octanol–water partition coefficient (Wildman–Crippen LogP) is 5.04. The highest BCUT2D eigenvalue weighted by atomic mass is 16.3. The largest absolute Gasteiger partial charge is 0.394 e. The van der Waals surface area contributed by atoms with Gasteiger partial charge in [-0.3, -0.25) is 4.79 Å². The van der Waals surface area contributed by atoms with Gasteiger partial charge in [-0.25, -0.2) is 0 Å². The molecule has 2 aliphatic rings. The lowest BCUT2D eigenvalue weighted by atomic mass is 9.57. The Labute approximate surface area is 199 Å². The molecule has 1 amide bonds. The summed E-state index contributed by atoms with van der Waals surface area (Å²) in [7, 11) is 2.07. The summed E-state index contributed by atoms with van der Waals surface area (Å²) in [4.78, 5) is 19.2. The highest BCUT2D eigenvalue weighted by molar-refractivity contribution is 6.01. The van der Waals surface area contributed by atoms with Crippen LogP contribution in [0.15, 0.2) is 12.3 Å². The number of aliphatic hydroxyl groups excluding tert-OH is 1. The number of carbonyl (C=O) groups excluding carboxylic acids is 1. The third-order valence-corrected chi connectivity index (χ3v) is 9.22.